The van der Waals surface area contributed by atoms with Crippen LogP contribution < -0.4 is 0 Å². The van der Waals surface area contributed by atoms with Gasteiger partial charge in [-0.1, -0.05) is 5.16 Å². The van der Waals surface area contributed by atoms with Crippen molar-refractivity contribution in [3.05, 3.63) is 17.0 Å². The van der Waals surface area contributed by atoms with Gasteiger partial charge in [-0.15, -0.1) is 0 Å². The Labute approximate surface area is 46.1 Å². The summed E-state index contributed by atoms with van der Waals surface area (Å²) in [5.74, 6) is 0. The van der Waals surface area contributed by atoms with Crippen LogP contribution in [0.2, 0.25) is 5.22 Å². The minimum Gasteiger partial charge on any atom is -0.344 e. The van der Waals surface area contributed by atoms with E-state index in [1.165, 1.54) is 0 Å². The van der Waals surface area contributed by atoms with Crippen LogP contribution in [0, 0.1) is 6.92 Å². The minimum absolute atomic E-state index is 0.345. The van der Waals surface area contributed by atoms with Crippen LogP contribution in [0.4, 0.5) is 0 Å². The molecule has 0 fully saturated rings. The van der Waals surface area contributed by atoms with Gasteiger partial charge in [0.15, 0.2) is 0 Å². The zero-order chi connectivity index (χ0) is 5.28. The Hall–Kier alpha value is -0.500. The van der Waals surface area contributed by atoms with Crippen molar-refractivity contribution in [1.82, 2.24) is 5.16 Å². The topological polar surface area (TPSA) is 26.0 Å². The van der Waals surface area contributed by atoms with Crippen molar-refractivity contribution >= 4 is 11.6 Å². The standard InChI is InChI=1S/C4H4ClNO/c1-3-2-4(5)7-6-3/h2H,1H3. The van der Waals surface area contributed by atoms with E-state index in [1.807, 2.05) is 6.92 Å². The molecule has 0 bridgehead atoms. The average Bonchev–Trinajstić information content (AvgIpc) is 1.87. The summed E-state index contributed by atoms with van der Waals surface area (Å²) in [6.07, 6.45) is 0. The molecule has 0 saturated heterocycles. The molecule has 0 unspecified atom stereocenters. The normalized spacial score (nSPS) is 9.43. The first-order chi connectivity index (χ1) is 3.29. The second kappa shape index (κ2) is 1.54. The third-order valence-corrected chi connectivity index (χ3v) is 0.777. The van der Waals surface area contributed by atoms with Crippen LogP contribution >= 0.6 is 11.6 Å². The van der Waals surface area contributed by atoms with Crippen LogP contribution in [0.25, 0.3) is 0 Å². The summed E-state index contributed by atoms with van der Waals surface area (Å²) in [5.41, 5.74) is 0.810. The van der Waals surface area contributed by atoms with Gasteiger partial charge < -0.3 is 4.52 Å². The number of nitrogens with zero attached hydrogens (tertiary/aromatic N) is 1. The van der Waals surface area contributed by atoms with Gasteiger partial charge in [-0.05, 0) is 18.5 Å². The third kappa shape index (κ3) is 0.933. The molecular weight excluding hydrogens is 114 g/mol. The van der Waals surface area contributed by atoms with Gasteiger partial charge in [0, 0.05) is 6.07 Å². The van der Waals surface area contributed by atoms with Crippen molar-refractivity contribution in [1.29, 1.82) is 0 Å². The summed E-state index contributed by atoms with van der Waals surface area (Å²) in [4.78, 5) is 0. The summed E-state index contributed by atoms with van der Waals surface area (Å²) in [6.45, 7) is 1.81. The second-order valence-electron chi connectivity index (χ2n) is 1.27. The largest absolute Gasteiger partial charge is 0.344 e. The molecular formula is C4H4ClNO. The Morgan fingerprint density at radius 2 is 2.57 bits per heavy atom. The Morgan fingerprint density at radius 3 is 2.71 bits per heavy atom. The molecule has 0 amide bonds. The Bertz CT molecular complexity index is 144. The molecule has 38 valence electrons. The van der Waals surface area contributed by atoms with Crippen molar-refractivity contribution < 1.29 is 4.52 Å². The molecule has 1 rings (SSSR count). The van der Waals surface area contributed by atoms with Crippen LogP contribution in [-0.2, 0) is 0 Å². The van der Waals surface area contributed by atoms with E-state index in [0.29, 0.717) is 5.22 Å². The molecule has 0 aliphatic rings. The highest BCUT2D eigenvalue weighted by Gasteiger charge is 1.90. The zero-order valence-corrected chi connectivity index (χ0v) is 4.57. The highest BCUT2D eigenvalue weighted by atomic mass is 35.5. The van der Waals surface area contributed by atoms with E-state index < -0.39 is 0 Å². The second-order valence-corrected chi connectivity index (χ2v) is 1.64. The molecule has 0 saturated carbocycles. The van der Waals surface area contributed by atoms with Crippen molar-refractivity contribution in [3.8, 4) is 0 Å². The Balaban J connectivity index is 3.04. The first kappa shape index (κ1) is 4.65. The van der Waals surface area contributed by atoms with E-state index in [2.05, 4.69) is 9.68 Å². The maximum atomic E-state index is 5.33. The highest BCUT2D eigenvalue weighted by Crippen LogP contribution is 2.06. The highest BCUT2D eigenvalue weighted by molar-refractivity contribution is 6.28. The fourth-order valence-electron chi connectivity index (χ4n) is 0.333. The number of halogens is 1. The zero-order valence-electron chi connectivity index (χ0n) is 3.81. The van der Waals surface area contributed by atoms with Gasteiger partial charge in [0.05, 0.1) is 5.69 Å². The smallest absolute Gasteiger partial charge is 0.226 e. The number of aromatic nitrogens is 1. The van der Waals surface area contributed by atoms with Crippen LogP contribution in [-0.4, -0.2) is 5.16 Å². The van der Waals surface area contributed by atoms with Gasteiger partial charge in [0.1, 0.15) is 0 Å². The SMILES string of the molecule is Cc1cc(Cl)on1. The molecule has 0 atom stereocenters. The minimum atomic E-state index is 0.345. The van der Waals surface area contributed by atoms with Crippen LogP contribution in [0.1, 0.15) is 5.69 Å². The molecule has 0 radical (unpaired) electrons. The van der Waals surface area contributed by atoms with E-state index >= 15 is 0 Å². The Kier molecular flexibility index (Phi) is 1.02. The summed E-state index contributed by atoms with van der Waals surface area (Å²) in [7, 11) is 0. The molecule has 0 N–H and O–H groups in total. The van der Waals surface area contributed by atoms with E-state index in [-0.39, 0.29) is 0 Å². The number of aryl methyl sites for hydroxylation is 1. The van der Waals surface area contributed by atoms with Gasteiger partial charge in [-0.2, -0.15) is 0 Å². The van der Waals surface area contributed by atoms with E-state index in [4.69, 9.17) is 11.6 Å². The van der Waals surface area contributed by atoms with Gasteiger partial charge >= 0.3 is 0 Å². The summed E-state index contributed by atoms with van der Waals surface area (Å²) < 4.78 is 4.48. The van der Waals surface area contributed by atoms with Gasteiger partial charge in [0.2, 0.25) is 5.22 Å². The lowest BCUT2D eigenvalue weighted by Crippen LogP contribution is -1.59. The molecule has 1 heterocycles. The maximum absolute atomic E-state index is 5.33. The van der Waals surface area contributed by atoms with E-state index in [0.717, 1.165) is 5.69 Å². The molecule has 0 aromatic carbocycles. The molecule has 7 heavy (non-hydrogen) atoms. The molecule has 1 aromatic rings. The average molecular weight is 118 g/mol. The first-order valence-corrected chi connectivity index (χ1v) is 2.25. The Morgan fingerprint density at radius 1 is 1.86 bits per heavy atom. The lowest BCUT2D eigenvalue weighted by Gasteiger charge is -1.62. The predicted molar refractivity (Wildman–Crippen MR) is 26.2 cm³/mol. The molecule has 0 aliphatic carbocycles. The molecule has 2 nitrogen and oxygen atoms in total. The number of rotatable bonds is 0. The van der Waals surface area contributed by atoms with Gasteiger partial charge in [0.25, 0.3) is 0 Å². The molecule has 0 aliphatic heterocycles. The van der Waals surface area contributed by atoms with Crippen LogP contribution in [0.15, 0.2) is 10.6 Å². The van der Waals surface area contributed by atoms with Gasteiger partial charge in [-0.3, -0.25) is 0 Å². The van der Waals surface area contributed by atoms with Crippen molar-refractivity contribution in [3.63, 3.8) is 0 Å². The van der Waals surface area contributed by atoms with Crippen molar-refractivity contribution in [2.45, 2.75) is 6.92 Å². The van der Waals surface area contributed by atoms with Crippen molar-refractivity contribution in [2.24, 2.45) is 0 Å². The van der Waals surface area contributed by atoms with Crippen LogP contribution in [0.5, 0.6) is 0 Å². The summed E-state index contributed by atoms with van der Waals surface area (Å²) >= 11 is 5.33. The molecule has 0 spiro atoms. The quantitative estimate of drug-likeness (QED) is 0.516. The first-order valence-electron chi connectivity index (χ1n) is 1.88. The van der Waals surface area contributed by atoms with Gasteiger partial charge in [-0.25, -0.2) is 0 Å². The maximum Gasteiger partial charge on any atom is 0.226 e. The molecule has 3 heteroatoms. The monoisotopic (exact) mass is 117 g/mol. The number of hydrogen-bond donors (Lipinski definition) is 0. The number of hydrogen-bond acceptors (Lipinski definition) is 2. The third-order valence-electron chi connectivity index (χ3n) is 0.599. The van der Waals surface area contributed by atoms with E-state index in [9.17, 15) is 0 Å². The lowest BCUT2D eigenvalue weighted by atomic mass is 10.5. The summed E-state index contributed by atoms with van der Waals surface area (Å²) in [6, 6.07) is 1.65. The lowest BCUT2D eigenvalue weighted by molar-refractivity contribution is 0.417. The fourth-order valence-corrected chi connectivity index (χ4v) is 0.525. The van der Waals surface area contributed by atoms with Crippen LogP contribution in [0.3, 0.4) is 0 Å². The van der Waals surface area contributed by atoms with Crippen molar-refractivity contribution in [2.75, 3.05) is 0 Å². The van der Waals surface area contributed by atoms with E-state index in [1.54, 1.807) is 6.07 Å². The predicted octanol–water partition coefficient (Wildman–Crippen LogP) is 1.64. The molecule has 1 aromatic heterocycles. The summed E-state index contributed by atoms with van der Waals surface area (Å²) in [5, 5.41) is 3.85. The fraction of sp³-hybridized carbons (Fsp3) is 0.250.